The Labute approximate surface area is 127 Å². The molecular formula is C15H14N4O3. The van der Waals surface area contributed by atoms with Crippen molar-refractivity contribution in [3.8, 4) is 17.6 Å². The predicted octanol–water partition coefficient (Wildman–Crippen LogP) is 2.74. The first-order valence-electron chi connectivity index (χ1n) is 6.28. The molecule has 2 N–H and O–H groups in total. The van der Waals surface area contributed by atoms with Crippen molar-refractivity contribution in [3.63, 3.8) is 0 Å². The second kappa shape index (κ2) is 6.45. The van der Waals surface area contributed by atoms with Crippen LogP contribution in [0.4, 0.5) is 5.88 Å². The number of anilines is 1. The number of nitrogens with zero attached hydrogens (tertiary/aromatic N) is 3. The van der Waals surface area contributed by atoms with Gasteiger partial charge >= 0.3 is 0 Å². The van der Waals surface area contributed by atoms with Gasteiger partial charge in [0.05, 0.1) is 13.3 Å². The van der Waals surface area contributed by atoms with E-state index >= 15 is 0 Å². The zero-order chi connectivity index (χ0) is 16.1. The zero-order valence-corrected chi connectivity index (χ0v) is 12.1. The Morgan fingerprint density at radius 2 is 2.36 bits per heavy atom. The normalized spacial score (nSPS) is 10.4. The molecule has 22 heavy (non-hydrogen) atoms. The third-order valence-corrected chi connectivity index (χ3v) is 2.68. The zero-order valence-electron chi connectivity index (χ0n) is 12.1. The number of allylic oxidation sites excluding steroid dienone is 1. The van der Waals surface area contributed by atoms with Crippen LogP contribution in [0.2, 0.25) is 0 Å². The fourth-order valence-corrected chi connectivity index (χ4v) is 1.59. The van der Waals surface area contributed by atoms with E-state index in [0.29, 0.717) is 16.9 Å². The number of hydrogen-bond donors (Lipinski definition) is 2. The molecule has 1 heterocycles. The summed E-state index contributed by atoms with van der Waals surface area (Å²) < 4.78 is 10.3. The van der Waals surface area contributed by atoms with Gasteiger partial charge in [-0.2, -0.15) is 15.3 Å². The maximum absolute atomic E-state index is 9.51. The first kappa shape index (κ1) is 15.1. The highest BCUT2D eigenvalue weighted by molar-refractivity contribution is 5.81. The van der Waals surface area contributed by atoms with Gasteiger partial charge in [-0.25, -0.2) is 5.43 Å². The summed E-state index contributed by atoms with van der Waals surface area (Å²) >= 11 is 0. The van der Waals surface area contributed by atoms with Gasteiger partial charge in [-0.3, -0.25) is 0 Å². The lowest BCUT2D eigenvalue weighted by molar-refractivity contribution is 0.373. The predicted molar refractivity (Wildman–Crippen MR) is 81.8 cm³/mol. The van der Waals surface area contributed by atoms with Gasteiger partial charge in [0, 0.05) is 5.57 Å². The van der Waals surface area contributed by atoms with Gasteiger partial charge in [-0.05, 0) is 30.7 Å². The molecule has 0 spiro atoms. The summed E-state index contributed by atoms with van der Waals surface area (Å²) in [5.41, 5.74) is 4.01. The lowest BCUT2D eigenvalue weighted by Gasteiger charge is -2.03. The number of nitrogens with one attached hydrogen (secondary N) is 1. The van der Waals surface area contributed by atoms with E-state index in [9.17, 15) is 5.11 Å². The Morgan fingerprint density at radius 3 is 3.00 bits per heavy atom. The number of phenols is 1. The summed E-state index contributed by atoms with van der Waals surface area (Å²) in [6, 6.07) is 6.68. The molecular weight excluding hydrogens is 284 g/mol. The largest absolute Gasteiger partial charge is 0.504 e. The maximum atomic E-state index is 9.51. The number of oxazole rings is 1. The van der Waals surface area contributed by atoms with Gasteiger partial charge in [0.1, 0.15) is 6.07 Å². The smallest absolute Gasteiger partial charge is 0.252 e. The average molecular weight is 298 g/mol. The quantitative estimate of drug-likeness (QED) is 0.649. The van der Waals surface area contributed by atoms with Gasteiger partial charge in [-0.15, -0.1) is 0 Å². The van der Waals surface area contributed by atoms with Gasteiger partial charge in [0.2, 0.25) is 11.6 Å². The van der Waals surface area contributed by atoms with Crippen LogP contribution in [0.25, 0.3) is 5.57 Å². The third kappa shape index (κ3) is 3.24. The van der Waals surface area contributed by atoms with Crippen LogP contribution < -0.4 is 10.2 Å². The second-order valence-electron chi connectivity index (χ2n) is 4.39. The van der Waals surface area contributed by atoms with Crippen molar-refractivity contribution in [1.82, 2.24) is 4.98 Å². The van der Waals surface area contributed by atoms with E-state index < -0.39 is 0 Å². The first-order valence-corrected chi connectivity index (χ1v) is 6.28. The molecule has 0 saturated carbocycles. The first-order chi connectivity index (χ1) is 10.5. The highest BCUT2D eigenvalue weighted by atomic mass is 16.5. The molecule has 7 nitrogen and oxygen atoms in total. The van der Waals surface area contributed by atoms with Crippen LogP contribution in [-0.4, -0.2) is 23.4 Å². The number of hydrazone groups is 1. The molecule has 0 unspecified atom stereocenters. The Hall–Kier alpha value is -3.27. The Morgan fingerprint density at radius 1 is 1.59 bits per heavy atom. The molecule has 112 valence electrons. The van der Waals surface area contributed by atoms with Crippen LogP contribution in [0.5, 0.6) is 11.5 Å². The maximum Gasteiger partial charge on any atom is 0.252 e. The SMILES string of the molecule is C=C(C)c1nc(C#N)c(N/N=C/c2ccc(O)c(OC)c2)o1. The Bertz CT molecular complexity index is 772. The summed E-state index contributed by atoms with van der Waals surface area (Å²) in [5, 5.41) is 22.5. The number of nitriles is 1. The number of rotatable bonds is 5. The number of aromatic hydroxyl groups is 1. The standard InChI is InChI=1S/C15H14N4O3/c1-9(2)14-18-11(7-16)15(22-14)19-17-8-10-4-5-12(20)13(6-10)21-3/h4-6,8,19-20H,1H2,2-3H3/b17-8+. The van der Waals surface area contributed by atoms with Crippen molar-refractivity contribution in [2.75, 3.05) is 12.5 Å². The van der Waals surface area contributed by atoms with Crippen molar-refractivity contribution < 1.29 is 14.3 Å². The molecule has 0 saturated heterocycles. The number of aromatic nitrogens is 1. The van der Waals surface area contributed by atoms with E-state index in [1.54, 1.807) is 19.1 Å². The molecule has 0 fully saturated rings. The van der Waals surface area contributed by atoms with E-state index in [0.717, 1.165) is 0 Å². The van der Waals surface area contributed by atoms with Crippen molar-refractivity contribution in [3.05, 3.63) is 41.9 Å². The van der Waals surface area contributed by atoms with Crippen molar-refractivity contribution in [2.45, 2.75) is 6.92 Å². The van der Waals surface area contributed by atoms with Crippen LogP contribution >= 0.6 is 0 Å². The molecule has 1 aromatic heterocycles. The van der Waals surface area contributed by atoms with Crippen LogP contribution in [0.3, 0.4) is 0 Å². The van der Waals surface area contributed by atoms with E-state index in [2.05, 4.69) is 22.1 Å². The van der Waals surface area contributed by atoms with E-state index in [-0.39, 0.29) is 23.2 Å². The molecule has 0 atom stereocenters. The lowest BCUT2D eigenvalue weighted by Crippen LogP contribution is -1.92. The molecule has 0 amide bonds. The van der Waals surface area contributed by atoms with E-state index in [4.69, 9.17) is 14.4 Å². The summed E-state index contributed by atoms with van der Waals surface area (Å²) in [5.74, 6) is 0.801. The topological polar surface area (TPSA) is 104 Å². The monoisotopic (exact) mass is 298 g/mol. The molecule has 0 radical (unpaired) electrons. The van der Waals surface area contributed by atoms with Crippen LogP contribution in [0.15, 0.2) is 34.3 Å². The van der Waals surface area contributed by atoms with Gasteiger partial charge in [0.25, 0.3) is 5.88 Å². The number of phenolic OH excluding ortho intramolecular Hbond substituents is 1. The van der Waals surface area contributed by atoms with Crippen molar-refractivity contribution >= 4 is 17.7 Å². The van der Waals surface area contributed by atoms with Gasteiger partial charge in [-0.1, -0.05) is 6.58 Å². The average Bonchev–Trinajstić information content (AvgIpc) is 2.92. The highest BCUT2D eigenvalue weighted by Gasteiger charge is 2.12. The van der Waals surface area contributed by atoms with E-state index in [1.165, 1.54) is 19.4 Å². The molecule has 2 rings (SSSR count). The third-order valence-electron chi connectivity index (χ3n) is 2.68. The van der Waals surface area contributed by atoms with Crippen LogP contribution in [0.1, 0.15) is 24.1 Å². The summed E-state index contributed by atoms with van der Waals surface area (Å²) in [6.07, 6.45) is 1.49. The minimum Gasteiger partial charge on any atom is -0.504 e. The van der Waals surface area contributed by atoms with Crippen LogP contribution in [-0.2, 0) is 0 Å². The molecule has 0 bridgehead atoms. The summed E-state index contributed by atoms with van der Waals surface area (Å²) in [7, 11) is 1.46. The second-order valence-corrected chi connectivity index (χ2v) is 4.39. The number of benzene rings is 1. The summed E-state index contributed by atoms with van der Waals surface area (Å²) in [4.78, 5) is 3.98. The molecule has 0 aliphatic rings. The summed E-state index contributed by atoms with van der Waals surface area (Å²) in [6.45, 7) is 5.42. The molecule has 0 aliphatic carbocycles. The molecule has 2 aromatic rings. The van der Waals surface area contributed by atoms with Gasteiger partial charge < -0.3 is 14.3 Å². The highest BCUT2D eigenvalue weighted by Crippen LogP contribution is 2.25. The van der Waals surface area contributed by atoms with E-state index in [1.807, 2.05) is 6.07 Å². The lowest BCUT2D eigenvalue weighted by atomic mass is 10.2. The number of methoxy groups -OCH3 is 1. The Balaban J connectivity index is 2.16. The van der Waals surface area contributed by atoms with Crippen LogP contribution in [0, 0.1) is 11.3 Å². The molecule has 0 aliphatic heterocycles. The minimum atomic E-state index is 0.0423. The fourth-order valence-electron chi connectivity index (χ4n) is 1.59. The number of hydrogen-bond acceptors (Lipinski definition) is 7. The van der Waals surface area contributed by atoms with Gasteiger partial charge in [0.15, 0.2) is 11.5 Å². The van der Waals surface area contributed by atoms with Crippen molar-refractivity contribution in [1.29, 1.82) is 5.26 Å². The number of ether oxygens (including phenoxy) is 1. The Kier molecular flexibility index (Phi) is 4.44. The fraction of sp³-hybridized carbons (Fsp3) is 0.133. The molecule has 7 heteroatoms. The molecule has 1 aromatic carbocycles. The minimum absolute atomic E-state index is 0.0423. The van der Waals surface area contributed by atoms with Crippen molar-refractivity contribution in [2.24, 2.45) is 5.10 Å².